The summed E-state index contributed by atoms with van der Waals surface area (Å²) in [5.41, 5.74) is 0.318. The second-order valence-corrected chi connectivity index (χ2v) is 9.32. The van der Waals surface area contributed by atoms with Gasteiger partial charge >= 0.3 is 0 Å². The number of nitro groups is 1. The second-order valence-electron chi connectivity index (χ2n) is 6.94. The van der Waals surface area contributed by atoms with Crippen LogP contribution in [0.15, 0.2) is 80.8 Å². The number of halogens is 1. The van der Waals surface area contributed by atoms with Gasteiger partial charge in [-0.2, -0.15) is 9.29 Å². The largest absolute Gasteiger partial charge is 0.468 e. The lowest BCUT2D eigenvalue weighted by Gasteiger charge is -2.20. The molecule has 0 atom stereocenters. The molecule has 0 fully saturated rings. The highest BCUT2D eigenvalue weighted by molar-refractivity contribution is 7.89. The summed E-state index contributed by atoms with van der Waals surface area (Å²) in [6, 6.07) is 15.1. The van der Waals surface area contributed by atoms with Crippen molar-refractivity contribution in [2.24, 2.45) is 0 Å². The molecule has 0 aliphatic carbocycles. The minimum Gasteiger partial charge on any atom is -0.468 e. The first-order valence-electron chi connectivity index (χ1n) is 9.68. The van der Waals surface area contributed by atoms with Crippen LogP contribution >= 0.6 is 11.6 Å². The van der Waals surface area contributed by atoms with Crippen LogP contribution in [0, 0.1) is 10.1 Å². The van der Waals surface area contributed by atoms with E-state index in [9.17, 15) is 18.5 Å². The van der Waals surface area contributed by atoms with Crippen LogP contribution in [-0.2, 0) is 23.0 Å². The molecule has 170 valence electrons. The highest BCUT2D eigenvalue weighted by atomic mass is 35.5. The van der Waals surface area contributed by atoms with E-state index in [1.807, 2.05) is 0 Å². The Bertz CT molecular complexity index is 1350. The molecule has 0 N–H and O–H groups in total. The molecular formula is C21H17ClN4O6S. The smallest absolute Gasteiger partial charge is 0.270 e. The standard InChI is InChI=1S/C21H17ClN4O6S/c22-16-6-8-19(9-7-16)33(29,30)25(14-18-5-2-12-31-18)11-10-20-23-21(24-32-20)15-3-1-4-17(13-15)26(27)28/h1-9,12-13H,10-11,14H2. The van der Waals surface area contributed by atoms with Crippen molar-refractivity contribution in [3.05, 3.63) is 93.7 Å². The van der Waals surface area contributed by atoms with Crippen LogP contribution in [0.3, 0.4) is 0 Å². The molecule has 0 bridgehead atoms. The maximum atomic E-state index is 13.2. The van der Waals surface area contributed by atoms with Crippen molar-refractivity contribution < 1.29 is 22.3 Å². The molecule has 4 rings (SSSR count). The zero-order chi connectivity index (χ0) is 23.4. The molecule has 12 heteroatoms. The van der Waals surface area contributed by atoms with Crippen molar-refractivity contribution in [1.82, 2.24) is 14.4 Å². The SMILES string of the molecule is O=[N+]([O-])c1cccc(-c2noc(CCN(Cc3ccco3)S(=O)(=O)c3ccc(Cl)cc3)n2)c1. The Balaban J connectivity index is 1.55. The van der Waals surface area contributed by atoms with E-state index in [4.69, 9.17) is 20.5 Å². The molecule has 0 saturated carbocycles. The Labute approximate surface area is 193 Å². The van der Waals surface area contributed by atoms with E-state index in [1.165, 1.54) is 53.0 Å². The van der Waals surface area contributed by atoms with Crippen molar-refractivity contribution in [3.63, 3.8) is 0 Å². The highest BCUT2D eigenvalue weighted by Crippen LogP contribution is 2.23. The van der Waals surface area contributed by atoms with Gasteiger partial charge in [0, 0.05) is 35.7 Å². The van der Waals surface area contributed by atoms with Crippen molar-refractivity contribution in [1.29, 1.82) is 0 Å². The number of hydrogen-bond acceptors (Lipinski definition) is 8. The van der Waals surface area contributed by atoms with E-state index in [2.05, 4.69) is 10.1 Å². The molecule has 10 nitrogen and oxygen atoms in total. The lowest BCUT2D eigenvalue weighted by molar-refractivity contribution is -0.384. The topological polar surface area (TPSA) is 133 Å². The molecule has 0 radical (unpaired) electrons. The predicted molar refractivity (Wildman–Crippen MR) is 118 cm³/mol. The number of benzene rings is 2. The Kier molecular flexibility index (Phi) is 6.54. The number of sulfonamides is 1. The van der Waals surface area contributed by atoms with Crippen molar-refractivity contribution in [2.75, 3.05) is 6.54 Å². The van der Waals surface area contributed by atoms with Crippen molar-refractivity contribution in [3.8, 4) is 11.4 Å². The fourth-order valence-corrected chi connectivity index (χ4v) is 4.60. The average molecular weight is 489 g/mol. The molecule has 2 aromatic heterocycles. The minimum absolute atomic E-state index is 0.00380. The van der Waals surface area contributed by atoms with Crippen LogP contribution in [-0.4, -0.2) is 34.3 Å². The third-order valence-corrected chi connectivity index (χ3v) is 6.83. The van der Waals surface area contributed by atoms with Gasteiger partial charge < -0.3 is 8.94 Å². The molecule has 2 aromatic carbocycles. The van der Waals surface area contributed by atoms with Gasteiger partial charge in [0.15, 0.2) is 0 Å². The Morgan fingerprint density at radius 1 is 1.09 bits per heavy atom. The Hall–Kier alpha value is -3.54. The van der Waals surface area contributed by atoms with E-state index in [-0.39, 0.29) is 41.8 Å². The number of rotatable bonds is 9. The summed E-state index contributed by atoms with van der Waals surface area (Å²) in [5.74, 6) is 0.828. The van der Waals surface area contributed by atoms with Gasteiger partial charge in [0.05, 0.1) is 22.6 Å². The maximum absolute atomic E-state index is 13.2. The van der Waals surface area contributed by atoms with Crippen LogP contribution < -0.4 is 0 Å². The van der Waals surface area contributed by atoms with Gasteiger partial charge in [-0.1, -0.05) is 28.9 Å². The summed E-state index contributed by atoms with van der Waals surface area (Å²) in [6.07, 6.45) is 1.58. The third-order valence-electron chi connectivity index (χ3n) is 4.72. The number of nitrogens with zero attached hydrogens (tertiary/aromatic N) is 4. The molecule has 33 heavy (non-hydrogen) atoms. The molecule has 0 amide bonds. The lowest BCUT2D eigenvalue weighted by atomic mass is 10.2. The van der Waals surface area contributed by atoms with Crippen LogP contribution in [0.2, 0.25) is 5.02 Å². The average Bonchev–Trinajstić information content (AvgIpc) is 3.49. The second kappa shape index (κ2) is 9.53. The number of non-ortho nitro benzene ring substituents is 1. The number of hydrogen-bond donors (Lipinski definition) is 0. The highest BCUT2D eigenvalue weighted by Gasteiger charge is 2.26. The number of furan rings is 1. The summed E-state index contributed by atoms with van der Waals surface area (Å²) in [7, 11) is -3.87. The van der Waals surface area contributed by atoms with Crippen molar-refractivity contribution >= 4 is 27.3 Å². The van der Waals surface area contributed by atoms with Gasteiger partial charge in [-0.25, -0.2) is 8.42 Å². The predicted octanol–water partition coefficient (Wildman–Crippen LogP) is 4.32. The first kappa shape index (κ1) is 22.6. The summed E-state index contributed by atoms with van der Waals surface area (Å²) in [5, 5.41) is 15.3. The molecular weight excluding hydrogens is 472 g/mol. The third kappa shape index (κ3) is 5.28. The Morgan fingerprint density at radius 3 is 2.58 bits per heavy atom. The molecule has 2 heterocycles. The number of aromatic nitrogens is 2. The van der Waals surface area contributed by atoms with Crippen LogP contribution in [0.25, 0.3) is 11.4 Å². The van der Waals surface area contributed by atoms with Crippen molar-refractivity contribution in [2.45, 2.75) is 17.9 Å². The summed E-state index contributed by atoms with van der Waals surface area (Å²) >= 11 is 5.89. The first-order valence-corrected chi connectivity index (χ1v) is 11.5. The van der Waals surface area contributed by atoms with Crippen LogP contribution in [0.4, 0.5) is 5.69 Å². The fourth-order valence-electron chi connectivity index (χ4n) is 3.07. The monoisotopic (exact) mass is 488 g/mol. The van der Waals surface area contributed by atoms with Gasteiger partial charge in [0.25, 0.3) is 5.69 Å². The van der Waals surface area contributed by atoms with Gasteiger partial charge in [-0.05, 0) is 36.4 Å². The first-order chi connectivity index (χ1) is 15.8. The summed E-state index contributed by atoms with van der Waals surface area (Å²) < 4.78 is 38.3. The number of nitro benzene ring substituents is 1. The zero-order valence-electron chi connectivity index (χ0n) is 17.0. The normalized spacial score (nSPS) is 11.7. The van der Waals surface area contributed by atoms with Gasteiger partial charge in [0.2, 0.25) is 21.7 Å². The molecule has 4 aromatic rings. The molecule has 0 aliphatic heterocycles. The van der Waals surface area contributed by atoms with Gasteiger partial charge in [-0.15, -0.1) is 0 Å². The van der Waals surface area contributed by atoms with E-state index in [1.54, 1.807) is 18.2 Å². The quantitative estimate of drug-likeness (QED) is 0.251. The lowest BCUT2D eigenvalue weighted by Crippen LogP contribution is -2.32. The molecule has 0 spiro atoms. The van der Waals surface area contributed by atoms with Crippen LogP contribution in [0.1, 0.15) is 11.7 Å². The summed E-state index contributed by atoms with van der Waals surface area (Å²) in [6.45, 7) is 0.0338. The minimum atomic E-state index is -3.87. The van der Waals surface area contributed by atoms with E-state index < -0.39 is 14.9 Å². The van der Waals surface area contributed by atoms with E-state index in [0.717, 1.165) is 0 Å². The van der Waals surface area contributed by atoms with Gasteiger partial charge in [0.1, 0.15) is 5.76 Å². The van der Waals surface area contributed by atoms with E-state index >= 15 is 0 Å². The van der Waals surface area contributed by atoms with E-state index in [0.29, 0.717) is 16.3 Å². The Morgan fingerprint density at radius 2 is 1.88 bits per heavy atom. The molecule has 0 aliphatic rings. The molecule has 0 saturated heterocycles. The molecule has 0 unspecified atom stereocenters. The van der Waals surface area contributed by atoms with Crippen LogP contribution in [0.5, 0.6) is 0 Å². The summed E-state index contributed by atoms with van der Waals surface area (Å²) in [4.78, 5) is 14.8. The fraction of sp³-hybridized carbons (Fsp3) is 0.143. The van der Waals surface area contributed by atoms with Gasteiger partial charge in [-0.3, -0.25) is 10.1 Å². The maximum Gasteiger partial charge on any atom is 0.270 e. The zero-order valence-corrected chi connectivity index (χ0v) is 18.6.